The van der Waals surface area contributed by atoms with E-state index in [1.165, 1.54) is 7.11 Å². The second-order valence-electron chi connectivity index (χ2n) is 5.69. The van der Waals surface area contributed by atoms with Gasteiger partial charge in [-0.15, -0.1) is 0 Å². The summed E-state index contributed by atoms with van der Waals surface area (Å²) in [6.07, 6.45) is 0. The van der Waals surface area contributed by atoms with Gasteiger partial charge >= 0.3 is 5.97 Å². The molecule has 1 N–H and O–H groups in total. The topological polar surface area (TPSA) is 82.7 Å². The number of aryl methyl sites for hydroxylation is 1. The molecule has 2 aromatic heterocycles. The highest BCUT2D eigenvalue weighted by atomic mass is 16.5. The summed E-state index contributed by atoms with van der Waals surface area (Å²) in [6, 6.07) is 10.5. The van der Waals surface area contributed by atoms with Crippen LogP contribution in [0.3, 0.4) is 0 Å². The normalized spacial score (nSPS) is 10.7. The van der Waals surface area contributed by atoms with Crippen LogP contribution in [0.4, 0.5) is 5.69 Å². The smallest absolute Gasteiger partial charge is 0.355 e. The van der Waals surface area contributed by atoms with Crippen molar-refractivity contribution in [2.24, 2.45) is 0 Å². The zero-order chi connectivity index (χ0) is 18.7. The quantitative estimate of drug-likeness (QED) is 0.685. The molecule has 0 fully saturated rings. The summed E-state index contributed by atoms with van der Waals surface area (Å²) in [5.41, 5.74) is 2.04. The molecule has 0 aliphatic carbocycles. The van der Waals surface area contributed by atoms with E-state index < -0.39 is 5.97 Å². The van der Waals surface area contributed by atoms with E-state index in [1.54, 1.807) is 41.8 Å². The van der Waals surface area contributed by atoms with Gasteiger partial charge < -0.3 is 23.8 Å². The second kappa shape index (κ2) is 7.35. The second-order valence-corrected chi connectivity index (χ2v) is 5.69. The first-order chi connectivity index (χ1) is 12.5. The van der Waals surface area contributed by atoms with Gasteiger partial charge in [0.2, 0.25) is 5.91 Å². The number of rotatable bonds is 6. The minimum atomic E-state index is -0.498. The Morgan fingerprint density at radius 3 is 2.73 bits per heavy atom. The van der Waals surface area contributed by atoms with Gasteiger partial charge in [0.15, 0.2) is 5.58 Å². The standard InChI is InChI=1S/C19H20N2O5/c1-4-25-19(23)15-10-17-14(9-12(2)26-17)21(15)11-18(22)20-13-7-5-6-8-16(13)24-3/h5-10H,4,11H2,1-3H3,(H,20,22). The molecule has 3 rings (SSSR count). The van der Waals surface area contributed by atoms with Crippen molar-refractivity contribution in [3.8, 4) is 5.75 Å². The van der Waals surface area contributed by atoms with Crippen LogP contribution in [-0.2, 0) is 16.1 Å². The van der Waals surface area contributed by atoms with E-state index in [4.69, 9.17) is 13.9 Å². The summed E-state index contributed by atoms with van der Waals surface area (Å²) in [4.78, 5) is 24.8. The molecule has 7 heteroatoms. The SMILES string of the molecule is CCOC(=O)c1cc2oc(C)cc2n1CC(=O)Nc1ccccc1OC. The van der Waals surface area contributed by atoms with Gasteiger partial charge in [-0.2, -0.15) is 0 Å². The Bertz CT molecular complexity index is 954. The third kappa shape index (κ3) is 3.42. The molecule has 136 valence electrons. The van der Waals surface area contributed by atoms with Crippen LogP contribution in [0.5, 0.6) is 5.75 Å². The number of para-hydroxylation sites is 2. The predicted octanol–water partition coefficient (Wildman–Crippen LogP) is 3.37. The molecule has 0 radical (unpaired) electrons. The Morgan fingerprint density at radius 2 is 2.00 bits per heavy atom. The highest BCUT2D eigenvalue weighted by Gasteiger charge is 2.21. The summed E-state index contributed by atoms with van der Waals surface area (Å²) in [7, 11) is 1.54. The lowest BCUT2D eigenvalue weighted by molar-refractivity contribution is -0.116. The number of nitrogens with zero attached hydrogens (tertiary/aromatic N) is 1. The maximum absolute atomic E-state index is 12.6. The summed E-state index contributed by atoms with van der Waals surface area (Å²) in [5, 5.41) is 2.80. The number of amides is 1. The maximum Gasteiger partial charge on any atom is 0.355 e. The minimum absolute atomic E-state index is 0.0608. The van der Waals surface area contributed by atoms with Crippen molar-refractivity contribution in [2.75, 3.05) is 19.0 Å². The largest absolute Gasteiger partial charge is 0.495 e. The number of hydrogen-bond donors (Lipinski definition) is 1. The van der Waals surface area contributed by atoms with Crippen LogP contribution in [-0.4, -0.2) is 30.2 Å². The number of ether oxygens (including phenoxy) is 2. The first kappa shape index (κ1) is 17.6. The third-order valence-electron chi connectivity index (χ3n) is 3.88. The van der Waals surface area contributed by atoms with Gasteiger partial charge in [0.1, 0.15) is 23.7 Å². The molecule has 0 atom stereocenters. The van der Waals surface area contributed by atoms with Crippen LogP contribution in [0.25, 0.3) is 11.1 Å². The zero-order valence-corrected chi connectivity index (χ0v) is 14.9. The number of anilines is 1. The highest BCUT2D eigenvalue weighted by molar-refractivity contribution is 5.97. The number of benzene rings is 1. The Morgan fingerprint density at radius 1 is 1.23 bits per heavy atom. The van der Waals surface area contributed by atoms with E-state index in [0.29, 0.717) is 28.3 Å². The average Bonchev–Trinajstić information content (AvgIpc) is 3.13. The van der Waals surface area contributed by atoms with Crippen LogP contribution in [0, 0.1) is 6.92 Å². The van der Waals surface area contributed by atoms with Crippen molar-refractivity contribution in [3.05, 3.63) is 47.9 Å². The Kier molecular flexibility index (Phi) is 4.97. The average molecular weight is 356 g/mol. The van der Waals surface area contributed by atoms with Crippen LogP contribution in [0.2, 0.25) is 0 Å². The number of methoxy groups -OCH3 is 1. The molecular formula is C19H20N2O5. The van der Waals surface area contributed by atoms with E-state index in [2.05, 4.69) is 5.32 Å². The lowest BCUT2D eigenvalue weighted by Crippen LogP contribution is -2.22. The summed E-state index contributed by atoms with van der Waals surface area (Å²) in [5.74, 6) is 0.464. The van der Waals surface area contributed by atoms with Crippen LogP contribution >= 0.6 is 0 Å². The fourth-order valence-corrected chi connectivity index (χ4v) is 2.79. The third-order valence-corrected chi connectivity index (χ3v) is 3.88. The molecule has 26 heavy (non-hydrogen) atoms. The molecule has 2 heterocycles. The number of fused-ring (bicyclic) bond motifs is 1. The molecule has 0 unspecified atom stereocenters. The first-order valence-electron chi connectivity index (χ1n) is 8.23. The first-order valence-corrected chi connectivity index (χ1v) is 8.23. The molecule has 1 amide bonds. The summed E-state index contributed by atoms with van der Waals surface area (Å²) >= 11 is 0. The zero-order valence-electron chi connectivity index (χ0n) is 14.9. The fraction of sp³-hybridized carbons (Fsp3) is 0.263. The van der Waals surface area contributed by atoms with Gasteiger partial charge in [-0.25, -0.2) is 4.79 Å². The number of aromatic nitrogens is 1. The van der Waals surface area contributed by atoms with E-state index in [9.17, 15) is 9.59 Å². The Labute approximate surface area is 150 Å². The minimum Gasteiger partial charge on any atom is -0.495 e. The van der Waals surface area contributed by atoms with Crippen molar-refractivity contribution in [3.63, 3.8) is 0 Å². The number of furan rings is 1. The van der Waals surface area contributed by atoms with E-state index in [1.807, 2.05) is 13.0 Å². The monoisotopic (exact) mass is 356 g/mol. The van der Waals surface area contributed by atoms with Gasteiger partial charge in [-0.3, -0.25) is 4.79 Å². The number of hydrogen-bond acceptors (Lipinski definition) is 5. The van der Waals surface area contributed by atoms with Gasteiger partial charge in [0.05, 0.1) is 24.9 Å². The molecule has 0 bridgehead atoms. The van der Waals surface area contributed by atoms with Crippen molar-refractivity contribution in [2.45, 2.75) is 20.4 Å². The number of carbonyl (C=O) groups is 2. The number of esters is 1. The summed E-state index contributed by atoms with van der Waals surface area (Å²) < 4.78 is 17.5. The number of nitrogens with one attached hydrogen (secondary N) is 1. The molecule has 7 nitrogen and oxygen atoms in total. The van der Waals surface area contributed by atoms with E-state index in [-0.39, 0.29) is 24.8 Å². The number of carbonyl (C=O) groups excluding carboxylic acids is 2. The van der Waals surface area contributed by atoms with Crippen molar-refractivity contribution < 1.29 is 23.5 Å². The van der Waals surface area contributed by atoms with Gasteiger partial charge in [-0.1, -0.05) is 12.1 Å². The van der Waals surface area contributed by atoms with Crippen LogP contribution in [0.1, 0.15) is 23.2 Å². The predicted molar refractivity (Wildman–Crippen MR) is 96.5 cm³/mol. The van der Waals surface area contributed by atoms with Gasteiger partial charge in [-0.05, 0) is 26.0 Å². The molecule has 1 aromatic carbocycles. The van der Waals surface area contributed by atoms with Gasteiger partial charge in [0.25, 0.3) is 0 Å². The maximum atomic E-state index is 12.6. The molecular weight excluding hydrogens is 336 g/mol. The van der Waals surface area contributed by atoms with Gasteiger partial charge in [0, 0.05) is 12.1 Å². The van der Waals surface area contributed by atoms with E-state index in [0.717, 1.165) is 0 Å². The molecule has 0 spiro atoms. The lowest BCUT2D eigenvalue weighted by atomic mass is 10.3. The summed E-state index contributed by atoms with van der Waals surface area (Å²) in [6.45, 7) is 3.73. The lowest BCUT2D eigenvalue weighted by Gasteiger charge is -2.12. The van der Waals surface area contributed by atoms with Crippen molar-refractivity contribution >= 4 is 28.7 Å². The molecule has 0 saturated heterocycles. The van der Waals surface area contributed by atoms with Crippen molar-refractivity contribution in [1.82, 2.24) is 4.57 Å². The van der Waals surface area contributed by atoms with Crippen LogP contribution < -0.4 is 10.1 Å². The molecule has 0 saturated carbocycles. The van der Waals surface area contributed by atoms with Crippen LogP contribution in [0.15, 0.2) is 40.8 Å². The Hall–Kier alpha value is -3.22. The molecule has 0 aliphatic heterocycles. The highest BCUT2D eigenvalue weighted by Crippen LogP contribution is 2.26. The van der Waals surface area contributed by atoms with Crippen molar-refractivity contribution in [1.29, 1.82) is 0 Å². The molecule has 3 aromatic rings. The Balaban J connectivity index is 1.90. The molecule has 0 aliphatic rings. The fourth-order valence-electron chi connectivity index (χ4n) is 2.79. The van der Waals surface area contributed by atoms with E-state index >= 15 is 0 Å².